The number of aromatic nitrogens is 1. The van der Waals surface area contributed by atoms with E-state index < -0.39 is 0 Å². The van der Waals surface area contributed by atoms with Crippen molar-refractivity contribution in [2.75, 3.05) is 19.0 Å². The zero-order valence-corrected chi connectivity index (χ0v) is 15.1. The van der Waals surface area contributed by atoms with Crippen molar-refractivity contribution < 1.29 is 4.79 Å². The fourth-order valence-electron chi connectivity index (χ4n) is 2.23. The van der Waals surface area contributed by atoms with Gasteiger partial charge < -0.3 is 15.5 Å². The molecule has 1 aromatic carbocycles. The molecule has 2 N–H and O–H groups in total. The SMILES string of the molecule is CC(NC(=O)NCc1cccnc1N(C)C)c1ccc(Br)cc1. The van der Waals surface area contributed by atoms with Crippen LogP contribution in [0.1, 0.15) is 24.1 Å². The Labute approximate surface area is 145 Å². The van der Waals surface area contributed by atoms with Gasteiger partial charge in [-0.2, -0.15) is 0 Å². The van der Waals surface area contributed by atoms with Crippen molar-refractivity contribution in [3.63, 3.8) is 0 Å². The summed E-state index contributed by atoms with van der Waals surface area (Å²) in [5.74, 6) is 0.855. The topological polar surface area (TPSA) is 57.3 Å². The van der Waals surface area contributed by atoms with Crippen molar-refractivity contribution in [3.05, 3.63) is 58.2 Å². The van der Waals surface area contributed by atoms with Crippen molar-refractivity contribution in [3.8, 4) is 0 Å². The maximum absolute atomic E-state index is 12.1. The molecule has 0 aliphatic heterocycles. The molecule has 1 atom stereocenters. The summed E-state index contributed by atoms with van der Waals surface area (Å²) in [7, 11) is 3.86. The van der Waals surface area contributed by atoms with Gasteiger partial charge in [0, 0.05) is 36.9 Å². The first kappa shape index (κ1) is 17.3. The minimum absolute atomic E-state index is 0.0645. The highest BCUT2D eigenvalue weighted by atomic mass is 79.9. The maximum Gasteiger partial charge on any atom is 0.315 e. The Morgan fingerprint density at radius 3 is 2.61 bits per heavy atom. The van der Waals surface area contributed by atoms with E-state index >= 15 is 0 Å². The van der Waals surface area contributed by atoms with Gasteiger partial charge in [0.1, 0.15) is 5.82 Å². The Morgan fingerprint density at radius 2 is 1.96 bits per heavy atom. The molecule has 1 unspecified atom stereocenters. The molecule has 0 bridgehead atoms. The van der Waals surface area contributed by atoms with Gasteiger partial charge in [-0.05, 0) is 30.7 Å². The molecule has 0 aliphatic rings. The minimum atomic E-state index is -0.200. The monoisotopic (exact) mass is 376 g/mol. The average molecular weight is 377 g/mol. The first-order chi connectivity index (χ1) is 11.0. The predicted molar refractivity (Wildman–Crippen MR) is 96.5 cm³/mol. The average Bonchev–Trinajstić information content (AvgIpc) is 2.53. The van der Waals surface area contributed by atoms with Crippen LogP contribution in [0.25, 0.3) is 0 Å². The first-order valence-electron chi connectivity index (χ1n) is 7.38. The highest BCUT2D eigenvalue weighted by Gasteiger charge is 2.11. The number of carbonyl (C=O) groups is 1. The number of nitrogens with one attached hydrogen (secondary N) is 2. The lowest BCUT2D eigenvalue weighted by Crippen LogP contribution is -2.36. The van der Waals surface area contributed by atoms with E-state index in [0.717, 1.165) is 21.4 Å². The molecule has 0 saturated carbocycles. The quantitative estimate of drug-likeness (QED) is 0.839. The number of hydrogen-bond acceptors (Lipinski definition) is 3. The number of nitrogens with zero attached hydrogens (tertiary/aromatic N) is 2. The highest BCUT2D eigenvalue weighted by Crippen LogP contribution is 2.17. The minimum Gasteiger partial charge on any atom is -0.362 e. The lowest BCUT2D eigenvalue weighted by molar-refractivity contribution is 0.237. The number of carbonyl (C=O) groups excluding carboxylic acids is 1. The molecule has 0 radical (unpaired) electrons. The molecule has 1 aromatic heterocycles. The summed E-state index contributed by atoms with van der Waals surface area (Å²) in [5.41, 5.74) is 2.03. The zero-order chi connectivity index (χ0) is 16.8. The molecule has 0 spiro atoms. The second-order valence-corrected chi connectivity index (χ2v) is 6.40. The van der Waals surface area contributed by atoms with E-state index in [-0.39, 0.29) is 12.1 Å². The van der Waals surface area contributed by atoms with Gasteiger partial charge in [-0.15, -0.1) is 0 Å². The summed E-state index contributed by atoms with van der Waals surface area (Å²) >= 11 is 3.40. The summed E-state index contributed by atoms with van der Waals surface area (Å²) in [4.78, 5) is 18.3. The molecule has 2 rings (SSSR count). The zero-order valence-electron chi connectivity index (χ0n) is 13.5. The number of anilines is 1. The van der Waals surface area contributed by atoms with Crippen LogP contribution in [0.5, 0.6) is 0 Å². The van der Waals surface area contributed by atoms with Crippen LogP contribution >= 0.6 is 15.9 Å². The third-order valence-corrected chi connectivity index (χ3v) is 3.98. The molecule has 5 nitrogen and oxygen atoms in total. The summed E-state index contributed by atoms with van der Waals surface area (Å²) in [6.45, 7) is 2.39. The van der Waals surface area contributed by atoms with Gasteiger partial charge in [0.2, 0.25) is 0 Å². The molecule has 23 heavy (non-hydrogen) atoms. The van der Waals surface area contributed by atoms with Gasteiger partial charge in [-0.1, -0.05) is 34.1 Å². The normalized spacial score (nSPS) is 11.7. The van der Waals surface area contributed by atoms with Crippen LogP contribution in [-0.4, -0.2) is 25.1 Å². The van der Waals surface area contributed by atoms with Crippen molar-refractivity contribution in [2.45, 2.75) is 19.5 Å². The molecule has 0 saturated heterocycles. The van der Waals surface area contributed by atoms with Crippen LogP contribution in [0.2, 0.25) is 0 Å². The fraction of sp³-hybridized carbons (Fsp3) is 0.294. The van der Waals surface area contributed by atoms with Crippen LogP contribution in [0, 0.1) is 0 Å². The van der Waals surface area contributed by atoms with E-state index in [9.17, 15) is 4.79 Å². The van der Waals surface area contributed by atoms with Gasteiger partial charge in [0.05, 0.1) is 6.04 Å². The third-order valence-electron chi connectivity index (χ3n) is 3.45. The Morgan fingerprint density at radius 1 is 1.26 bits per heavy atom. The standard InChI is InChI=1S/C17H21BrN4O/c1-12(13-6-8-15(18)9-7-13)21-17(23)20-11-14-5-4-10-19-16(14)22(2)3/h4-10,12H,11H2,1-3H3,(H2,20,21,23). The number of pyridine rings is 1. The third kappa shape index (κ3) is 4.96. The van der Waals surface area contributed by atoms with E-state index in [2.05, 4.69) is 31.5 Å². The van der Waals surface area contributed by atoms with Crippen LogP contribution in [-0.2, 0) is 6.54 Å². The molecule has 2 amide bonds. The molecule has 122 valence electrons. The Bertz CT molecular complexity index is 658. The molecule has 0 aliphatic carbocycles. The first-order valence-corrected chi connectivity index (χ1v) is 8.17. The second kappa shape index (κ2) is 7.97. The fourth-order valence-corrected chi connectivity index (χ4v) is 2.49. The lowest BCUT2D eigenvalue weighted by Gasteiger charge is -2.18. The second-order valence-electron chi connectivity index (χ2n) is 5.48. The van der Waals surface area contributed by atoms with E-state index in [1.54, 1.807) is 6.20 Å². The summed E-state index contributed by atoms with van der Waals surface area (Å²) in [6, 6.07) is 11.5. The smallest absolute Gasteiger partial charge is 0.315 e. The molecule has 6 heteroatoms. The van der Waals surface area contributed by atoms with Crippen molar-refractivity contribution in [1.29, 1.82) is 0 Å². The largest absolute Gasteiger partial charge is 0.362 e. The van der Waals surface area contributed by atoms with Gasteiger partial charge in [0.25, 0.3) is 0 Å². The van der Waals surface area contributed by atoms with Gasteiger partial charge in [-0.3, -0.25) is 0 Å². The Hall–Kier alpha value is -2.08. The molecular formula is C17H21BrN4O. The van der Waals surface area contributed by atoms with Gasteiger partial charge in [0.15, 0.2) is 0 Å². The van der Waals surface area contributed by atoms with Crippen molar-refractivity contribution in [2.24, 2.45) is 0 Å². The van der Waals surface area contributed by atoms with E-state index in [1.165, 1.54) is 0 Å². The van der Waals surface area contributed by atoms with Crippen LogP contribution in [0.3, 0.4) is 0 Å². The van der Waals surface area contributed by atoms with Crippen LogP contribution in [0.4, 0.5) is 10.6 Å². The van der Waals surface area contributed by atoms with E-state index in [1.807, 2.05) is 62.3 Å². The van der Waals surface area contributed by atoms with E-state index in [0.29, 0.717) is 6.54 Å². The maximum atomic E-state index is 12.1. The number of halogens is 1. The van der Waals surface area contributed by atoms with E-state index in [4.69, 9.17) is 0 Å². The van der Waals surface area contributed by atoms with Crippen LogP contribution in [0.15, 0.2) is 47.1 Å². The number of amides is 2. The molecular weight excluding hydrogens is 356 g/mol. The molecule has 2 aromatic rings. The summed E-state index contributed by atoms with van der Waals surface area (Å²) < 4.78 is 1.02. The molecule has 1 heterocycles. The number of urea groups is 1. The number of rotatable bonds is 5. The molecule has 0 fully saturated rings. The van der Waals surface area contributed by atoms with Crippen LogP contribution < -0.4 is 15.5 Å². The number of benzene rings is 1. The van der Waals surface area contributed by atoms with Crippen molar-refractivity contribution in [1.82, 2.24) is 15.6 Å². The highest BCUT2D eigenvalue weighted by molar-refractivity contribution is 9.10. The Kier molecular flexibility index (Phi) is 5.98. The Balaban J connectivity index is 1.91. The number of hydrogen-bond donors (Lipinski definition) is 2. The predicted octanol–water partition coefficient (Wildman–Crippen LogP) is 3.47. The lowest BCUT2D eigenvalue weighted by atomic mass is 10.1. The van der Waals surface area contributed by atoms with Gasteiger partial charge in [-0.25, -0.2) is 9.78 Å². The van der Waals surface area contributed by atoms with Crippen molar-refractivity contribution >= 4 is 27.8 Å². The summed E-state index contributed by atoms with van der Waals surface area (Å²) in [6.07, 6.45) is 1.74. The van der Waals surface area contributed by atoms with Gasteiger partial charge >= 0.3 is 6.03 Å². The summed E-state index contributed by atoms with van der Waals surface area (Å²) in [5, 5.41) is 5.82.